The van der Waals surface area contributed by atoms with Crippen LogP contribution >= 0.6 is 0 Å². The molecule has 0 saturated heterocycles. The maximum absolute atomic E-state index is 5.80. The zero-order valence-electron chi connectivity index (χ0n) is 12.6. The molecule has 0 atom stereocenters. The van der Waals surface area contributed by atoms with Crippen molar-refractivity contribution in [3.63, 3.8) is 0 Å². The lowest BCUT2D eigenvalue weighted by atomic mass is 10.0. The molecule has 0 saturated carbocycles. The monoisotopic (exact) mass is 304 g/mol. The molecule has 5 heteroatoms. The first-order chi connectivity index (χ1) is 11.3. The van der Waals surface area contributed by atoms with Gasteiger partial charge in [-0.15, -0.1) is 0 Å². The number of nitrogens with one attached hydrogen (secondary N) is 1. The average Bonchev–Trinajstić information content (AvgIpc) is 2.60. The highest BCUT2D eigenvalue weighted by atomic mass is 15.3. The lowest BCUT2D eigenvalue weighted by Gasteiger charge is -2.09. The number of rotatable bonds is 4. The van der Waals surface area contributed by atoms with E-state index in [0.29, 0.717) is 5.84 Å². The predicted octanol–water partition coefficient (Wildman–Crippen LogP) is 2.28. The molecule has 0 heterocycles. The van der Waals surface area contributed by atoms with Crippen LogP contribution in [0.4, 0.5) is 5.69 Å². The molecule has 0 radical (unpaired) electrons. The summed E-state index contributed by atoms with van der Waals surface area (Å²) in [6.07, 6.45) is 0. The van der Waals surface area contributed by atoms with Crippen LogP contribution in [0.25, 0.3) is 10.8 Å². The van der Waals surface area contributed by atoms with E-state index in [1.54, 1.807) is 0 Å². The molecule has 0 aliphatic heterocycles. The quantitative estimate of drug-likeness (QED) is 0.227. The topological polar surface area (TPSA) is 88.4 Å². The number of fused-ring (bicyclic) bond motifs is 1. The number of hydrogen-bond donors (Lipinski definition) is 3. The molecule has 0 aliphatic rings. The maximum atomic E-state index is 5.80. The van der Waals surface area contributed by atoms with Crippen LogP contribution in [0.3, 0.4) is 0 Å². The molecule has 0 aromatic heterocycles. The molecule has 3 aromatic rings. The zero-order valence-corrected chi connectivity index (χ0v) is 12.6. The minimum Gasteiger partial charge on any atom is -0.381 e. The first-order valence-corrected chi connectivity index (χ1v) is 7.32. The molecular formula is C18H18N5+. The summed E-state index contributed by atoms with van der Waals surface area (Å²) in [5.74, 6) is 5.33. The molecule has 3 aromatic carbocycles. The van der Waals surface area contributed by atoms with Crippen molar-refractivity contribution < 1.29 is 5.41 Å². The molecule has 0 unspecified atom stereocenters. The second-order valence-electron chi connectivity index (χ2n) is 5.17. The van der Waals surface area contributed by atoms with E-state index in [1.165, 1.54) is 16.3 Å². The second-order valence-corrected chi connectivity index (χ2v) is 5.17. The van der Waals surface area contributed by atoms with Crippen LogP contribution in [0.1, 0.15) is 11.1 Å². The number of benzene rings is 3. The summed E-state index contributed by atoms with van der Waals surface area (Å²) in [4.78, 5) is 0. The molecule has 0 amide bonds. The van der Waals surface area contributed by atoms with E-state index in [-0.39, 0.29) is 0 Å². The minimum absolute atomic E-state index is 0.293. The maximum Gasteiger partial charge on any atom is 0.350 e. The van der Waals surface area contributed by atoms with Crippen molar-refractivity contribution in [3.8, 4) is 0 Å². The van der Waals surface area contributed by atoms with Gasteiger partial charge in [-0.05, 0) is 34.5 Å². The Balaban J connectivity index is 1.80. The lowest BCUT2D eigenvalue weighted by Crippen LogP contribution is -2.38. The summed E-state index contributed by atoms with van der Waals surface area (Å²) in [5, 5.41) is 18.6. The van der Waals surface area contributed by atoms with Crippen LogP contribution in [-0.4, -0.2) is 5.84 Å². The van der Waals surface area contributed by atoms with Gasteiger partial charge in [0.05, 0.1) is 10.7 Å². The van der Waals surface area contributed by atoms with E-state index in [2.05, 4.69) is 52.1 Å². The van der Waals surface area contributed by atoms with Gasteiger partial charge in [0.15, 0.2) is 0 Å². The van der Waals surface area contributed by atoms with Gasteiger partial charge in [-0.25, -0.2) is 0 Å². The largest absolute Gasteiger partial charge is 0.381 e. The molecule has 23 heavy (non-hydrogen) atoms. The fraction of sp³-hybridized carbons (Fsp3) is 0.0556. The summed E-state index contributed by atoms with van der Waals surface area (Å²) in [7, 11) is 0. The van der Waals surface area contributed by atoms with Gasteiger partial charge in [0, 0.05) is 17.5 Å². The number of anilines is 1. The van der Waals surface area contributed by atoms with E-state index in [4.69, 9.17) is 11.3 Å². The molecule has 0 bridgehead atoms. The molecule has 114 valence electrons. The highest BCUT2D eigenvalue weighted by Crippen LogP contribution is 2.20. The van der Waals surface area contributed by atoms with Gasteiger partial charge in [-0.3, -0.25) is 11.3 Å². The second kappa shape index (κ2) is 6.70. The Morgan fingerprint density at radius 2 is 1.78 bits per heavy atom. The first kappa shape index (κ1) is 14.7. The van der Waals surface area contributed by atoms with Crippen LogP contribution in [0.5, 0.6) is 0 Å². The van der Waals surface area contributed by atoms with Crippen molar-refractivity contribution in [3.05, 3.63) is 77.9 Å². The van der Waals surface area contributed by atoms with Gasteiger partial charge >= 0.3 is 5.84 Å². The molecule has 5 nitrogen and oxygen atoms in total. The Morgan fingerprint density at radius 1 is 1.00 bits per heavy atom. The van der Waals surface area contributed by atoms with Crippen LogP contribution in [0, 0.1) is 0 Å². The summed E-state index contributed by atoms with van der Waals surface area (Å²) < 4.78 is 0. The fourth-order valence-electron chi connectivity index (χ4n) is 2.55. The Morgan fingerprint density at radius 3 is 2.65 bits per heavy atom. The van der Waals surface area contributed by atoms with E-state index >= 15 is 0 Å². The molecular weight excluding hydrogens is 286 g/mol. The van der Waals surface area contributed by atoms with E-state index in [1.807, 2.05) is 30.3 Å². The van der Waals surface area contributed by atoms with Gasteiger partial charge in [-0.1, -0.05) is 48.5 Å². The summed E-state index contributed by atoms with van der Waals surface area (Å²) in [6, 6.07) is 22.4. The molecule has 0 spiro atoms. The average molecular weight is 304 g/mol. The van der Waals surface area contributed by atoms with Crippen molar-refractivity contribution >= 4 is 22.3 Å². The van der Waals surface area contributed by atoms with Crippen LogP contribution in [-0.2, 0) is 6.54 Å². The third-order valence-corrected chi connectivity index (χ3v) is 3.69. The Bertz CT molecular complexity index is 865. The highest BCUT2D eigenvalue weighted by molar-refractivity contribution is 5.95. The van der Waals surface area contributed by atoms with E-state index in [0.717, 1.165) is 17.8 Å². The number of hydrogen-bond acceptors (Lipinski definition) is 2. The standard InChI is InChI=1S/C18H17N5/c19-18(22-23-20)14-7-4-9-16(11-14)21-12-15-8-3-6-13-5-1-2-10-17(13)15/h1-11,21H,12H2,(H3,19,20,22)/p+1. The van der Waals surface area contributed by atoms with Crippen molar-refractivity contribution in [2.75, 3.05) is 5.32 Å². The number of nitrogens with two attached hydrogens (primary N) is 2. The zero-order chi connectivity index (χ0) is 16.1. The van der Waals surface area contributed by atoms with Crippen LogP contribution < -0.4 is 16.6 Å². The van der Waals surface area contributed by atoms with Gasteiger partial charge < -0.3 is 5.32 Å². The Kier molecular flexibility index (Phi) is 4.29. The van der Waals surface area contributed by atoms with Crippen LogP contribution in [0.15, 0.2) is 77.1 Å². The minimum atomic E-state index is 0.293. The summed E-state index contributed by atoms with van der Waals surface area (Å²) >= 11 is 0. The third-order valence-electron chi connectivity index (χ3n) is 3.69. The van der Waals surface area contributed by atoms with Gasteiger partial charge in [0.25, 0.3) is 0 Å². The number of amidine groups is 1. The lowest BCUT2D eigenvalue weighted by molar-refractivity contribution is -0.114. The highest BCUT2D eigenvalue weighted by Gasteiger charge is 2.09. The van der Waals surface area contributed by atoms with E-state index < -0.39 is 0 Å². The summed E-state index contributed by atoms with van der Waals surface area (Å²) in [5.41, 5.74) is 2.99. The fourth-order valence-corrected chi connectivity index (χ4v) is 2.55. The number of nitrogens with zero attached hydrogens (tertiary/aromatic N) is 2. The van der Waals surface area contributed by atoms with Crippen LogP contribution in [0.2, 0.25) is 0 Å². The molecule has 3 rings (SSSR count). The third kappa shape index (κ3) is 3.35. The van der Waals surface area contributed by atoms with Crippen molar-refractivity contribution in [2.45, 2.75) is 6.54 Å². The van der Waals surface area contributed by atoms with Crippen molar-refractivity contribution in [1.29, 1.82) is 0 Å². The summed E-state index contributed by atoms with van der Waals surface area (Å²) in [6.45, 7) is 0.725. The molecule has 0 aliphatic carbocycles. The Labute approximate surface area is 134 Å². The van der Waals surface area contributed by atoms with E-state index in [9.17, 15) is 0 Å². The SMILES string of the molecule is NN=NC(=[NH2+])c1cccc(NCc2cccc3ccccc23)c1. The van der Waals surface area contributed by atoms with Gasteiger partial charge in [-0.2, -0.15) is 0 Å². The molecule has 0 fully saturated rings. The Hall–Kier alpha value is -3.21. The van der Waals surface area contributed by atoms with Gasteiger partial charge in [0.1, 0.15) is 0 Å². The van der Waals surface area contributed by atoms with Crippen molar-refractivity contribution in [2.24, 2.45) is 16.2 Å². The normalized spacial score (nSPS) is 11.0. The predicted molar refractivity (Wildman–Crippen MR) is 92.8 cm³/mol. The van der Waals surface area contributed by atoms with Gasteiger partial charge in [0.2, 0.25) is 0 Å². The smallest absolute Gasteiger partial charge is 0.350 e. The molecule has 5 N–H and O–H groups in total. The first-order valence-electron chi connectivity index (χ1n) is 7.32. The van der Waals surface area contributed by atoms with Crippen molar-refractivity contribution in [1.82, 2.24) is 0 Å².